The van der Waals surface area contributed by atoms with E-state index in [0.29, 0.717) is 32.1 Å². The molecule has 2 heterocycles. The number of benzene rings is 1. The molecule has 1 saturated heterocycles. The van der Waals surface area contributed by atoms with Crippen LogP contribution in [0.4, 0.5) is 0 Å². The standard InChI is InChI=1S/C14H16N2O4/c15-14(18)10-6-13(17)16(8-10)7-9-1-2-11-12(5-9)20-4-3-19-11/h1-2,5,10H,3-4,6-8H2,(H2,15,18). The second-order valence-corrected chi connectivity index (χ2v) is 5.06. The van der Waals surface area contributed by atoms with E-state index in [1.807, 2.05) is 18.2 Å². The van der Waals surface area contributed by atoms with E-state index in [0.717, 1.165) is 11.3 Å². The fourth-order valence-corrected chi connectivity index (χ4v) is 2.52. The molecule has 0 aromatic heterocycles. The SMILES string of the molecule is NC(=O)C1CC(=O)N(Cc2ccc3c(c2)OCCO3)C1. The molecule has 0 aliphatic carbocycles. The molecule has 2 aliphatic heterocycles. The van der Waals surface area contributed by atoms with Crippen LogP contribution in [-0.4, -0.2) is 36.5 Å². The van der Waals surface area contributed by atoms with Crippen molar-refractivity contribution < 1.29 is 19.1 Å². The van der Waals surface area contributed by atoms with E-state index < -0.39 is 5.91 Å². The van der Waals surface area contributed by atoms with Crippen molar-refractivity contribution in [2.45, 2.75) is 13.0 Å². The van der Waals surface area contributed by atoms with E-state index in [2.05, 4.69) is 0 Å². The van der Waals surface area contributed by atoms with Gasteiger partial charge in [0.2, 0.25) is 11.8 Å². The van der Waals surface area contributed by atoms with E-state index in [-0.39, 0.29) is 18.2 Å². The van der Waals surface area contributed by atoms with Gasteiger partial charge >= 0.3 is 0 Å². The van der Waals surface area contributed by atoms with Gasteiger partial charge in [-0.15, -0.1) is 0 Å². The molecule has 1 aromatic rings. The van der Waals surface area contributed by atoms with Gasteiger partial charge in [-0.05, 0) is 17.7 Å². The maximum atomic E-state index is 11.8. The third kappa shape index (κ3) is 2.41. The van der Waals surface area contributed by atoms with Crippen molar-refractivity contribution >= 4 is 11.8 Å². The van der Waals surface area contributed by atoms with Crippen LogP contribution in [0.1, 0.15) is 12.0 Å². The normalized spacial score (nSPS) is 21.1. The molecule has 2 aliphatic rings. The average molecular weight is 276 g/mol. The van der Waals surface area contributed by atoms with Crippen LogP contribution in [0, 0.1) is 5.92 Å². The number of ether oxygens (including phenoxy) is 2. The van der Waals surface area contributed by atoms with Crippen LogP contribution < -0.4 is 15.2 Å². The van der Waals surface area contributed by atoms with Gasteiger partial charge in [0.05, 0.1) is 5.92 Å². The Morgan fingerprint density at radius 3 is 2.75 bits per heavy atom. The first-order valence-corrected chi connectivity index (χ1v) is 6.59. The molecule has 0 spiro atoms. The Balaban J connectivity index is 1.72. The van der Waals surface area contributed by atoms with Gasteiger partial charge in [-0.1, -0.05) is 6.07 Å². The smallest absolute Gasteiger partial charge is 0.223 e. The number of likely N-dealkylation sites (tertiary alicyclic amines) is 1. The lowest BCUT2D eigenvalue weighted by Crippen LogP contribution is -2.28. The van der Waals surface area contributed by atoms with Crippen molar-refractivity contribution in [2.24, 2.45) is 11.7 Å². The topological polar surface area (TPSA) is 81.9 Å². The molecule has 6 nitrogen and oxygen atoms in total. The number of nitrogens with two attached hydrogens (primary N) is 1. The van der Waals surface area contributed by atoms with E-state index >= 15 is 0 Å². The quantitative estimate of drug-likeness (QED) is 0.860. The largest absolute Gasteiger partial charge is 0.486 e. The van der Waals surface area contributed by atoms with E-state index in [1.165, 1.54) is 0 Å². The third-order valence-electron chi connectivity index (χ3n) is 3.60. The highest BCUT2D eigenvalue weighted by Gasteiger charge is 2.33. The predicted molar refractivity (Wildman–Crippen MR) is 70.2 cm³/mol. The minimum absolute atomic E-state index is 0.0383. The molecule has 1 aromatic carbocycles. The fourth-order valence-electron chi connectivity index (χ4n) is 2.52. The summed E-state index contributed by atoms with van der Waals surface area (Å²) < 4.78 is 11.0. The van der Waals surface area contributed by atoms with Gasteiger partial charge < -0.3 is 20.1 Å². The molecule has 0 bridgehead atoms. The summed E-state index contributed by atoms with van der Waals surface area (Å²) in [5.41, 5.74) is 6.20. The van der Waals surface area contributed by atoms with Crippen LogP contribution in [-0.2, 0) is 16.1 Å². The third-order valence-corrected chi connectivity index (χ3v) is 3.60. The lowest BCUT2D eigenvalue weighted by molar-refractivity contribution is -0.128. The number of nitrogens with zero attached hydrogens (tertiary/aromatic N) is 1. The van der Waals surface area contributed by atoms with Gasteiger partial charge in [-0.3, -0.25) is 9.59 Å². The molecule has 106 valence electrons. The number of fused-ring (bicyclic) bond motifs is 1. The summed E-state index contributed by atoms with van der Waals surface area (Å²) in [7, 11) is 0. The molecule has 1 fully saturated rings. The minimum Gasteiger partial charge on any atom is -0.486 e. The van der Waals surface area contributed by atoms with Crippen molar-refractivity contribution in [1.29, 1.82) is 0 Å². The van der Waals surface area contributed by atoms with Crippen LogP contribution in [0.5, 0.6) is 11.5 Å². The van der Waals surface area contributed by atoms with Crippen LogP contribution in [0.2, 0.25) is 0 Å². The molecule has 1 unspecified atom stereocenters. The molecule has 6 heteroatoms. The lowest BCUT2D eigenvalue weighted by Gasteiger charge is -2.21. The van der Waals surface area contributed by atoms with Gasteiger partial charge in [-0.25, -0.2) is 0 Å². The first kappa shape index (κ1) is 12.8. The van der Waals surface area contributed by atoms with Gasteiger partial charge in [0.15, 0.2) is 11.5 Å². The lowest BCUT2D eigenvalue weighted by atomic mass is 10.1. The second kappa shape index (κ2) is 5.03. The summed E-state index contributed by atoms with van der Waals surface area (Å²) in [6.07, 6.45) is 0.208. The van der Waals surface area contributed by atoms with Crippen LogP contribution in [0.15, 0.2) is 18.2 Å². The Hall–Kier alpha value is -2.24. The van der Waals surface area contributed by atoms with Gasteiger partial charge in [-0.2, -0.15) is 0 Å². The number of hydrogen-bond donors (Lipinski definition) is 1. The van der Waals surface area contributed by atoms with Crippen molar-refractivity contribution in [3.63, 3.8) is 0 Å². The van der Waals surface area contributed by atoms with E-state index in [1.54, 1.807) is 4.90 Å². The molecule has 20 heavy (non-hydrogen) atoms. The summed E-state index contributed by atoms with van der Waals surface area (Å²) in [5.74, 6) is 0.598. The van der Waals surface area contributed by atoms with Crippen LogP contribution in [0.25, 0.3) is 0 Å². The maximum absolute atomic E-state index is 11.8. The number of primary amides is 1. The van der Waals surface area contributed by atoms with Gasteiger partial charge in [0.1, 0.15) is 13.2 Å². The van der Waals surface area contributed by atoms with Crippen LogP contribution in [0.3, 0.4) is 0 Å². The zero-order chi connectivity index (χ0) is 14.1. The van der Waals surface area contributed by atoms with Crippen molar-refractivity contribution in [2.75, 3.05) is 19.8 Å². The predicted octanol–water partition coefficient (Wildman–Crippen LogP) is 0.292. The summed E-state index contributed by atoms with van der Waals surface area (Å²) in [6, 6.07) is 5.62. The number of rotatable bonds is 3. The van der Waals surface area contributed by atoms with E-state index in [9.17, 15) is 9.59 Å². The Bertz CT molecular complexity index is 558. The summed E-state index contributed by atoms with van der Waals surface area (Å²) in [6.45, 7) is 1.93. The Labute approximate surface area is 116 Å². The highest BCUT2D eigenvalue weighted by molar-refractivity contribution is 5.88. The second-order valence-electron chi connectivity index (χ2n) is 5.06. The molecular formula is C14H16N2O4. The van der Waals surface area contributed by atoms with Crippen molar-refractivity contribution in [3.8, 4) is 11.5 Å². The fraction of sp³-hybridized carbons (Fsp3) is 0.429. The van der Waals surface area contributed by atoms with Crippen molar-refractivity contribution in [3.05, 3.63) is 23.8 Å². The van der Waals surface area contributed by atoms with E-state index in [4.69, 9.17) is 15.2 Å². The Kier molecular flexibility index (Phi) is 3.22. The highest BCUT2D eigenvalue weighted by Crippen LogP contribution is 2.31. The number of hydrogen-bond acceptors (Lipinski definition) is 4. The van der Waals surface area contributed by atoms with Gasteiger partial charge in [0, 0.05) is 19.5 Å². The highest BCUT2D eigenvalue weighted by atomic mass is 16.6. The first-order valence-electron chi connectivity index (χ1n) is 6.59. The Morgan fingerprint density at radius 2 is 2.05 bits per heavy atom. The monoisotopic (exact) mass is 276 g/mol. The minimum atomic E-state index is -0.414. The molecule has 2 N–H and O–H groups in total. The number of carbonyl (C=O) groups is 2. The zero-order valence-electron chi connectivity index (χ0n) is 11.0. The molecule has 2 amide bonds. The number of carbonyl (C=O) groups excluding carboxylic acids is 2. The molecule has 1 atom stereocenters. The van der Waals surface area contributed by atoms with Crippen LogP contribution >= 0.6 is 0 Å². The molecule has 0 radical (unpaired) electrons. The average Bonchev–Trinajstić information content (AvgIpc) is 2.80. The molecular weight excluding hydrogens is 260 g/mol. The Morgan fingerprint density at radius 1 is 1.30 bits per heavy atom. The van der Waals surface area contributed by atoms with Gasteiger partial charge in [0.25, 0.3) is 0 Å². The number of amides is 2. The molecule has 0 saturated carbocycles. The summed E-state index contributed by atoms with van der Waals surface area (Å²) >= 11 is 0. The summed E-state index contributed by atoms with van der Waals surface area (Å²) in [4.78, 5) is 24.6. The first-order chi connectivity index (χ1) is 9.63. The summed E-state index contributed by atoms with van der Waals surface area (Å²) in [5, 5.41) is 0. The maximum Gasteiger partial charge on any atom is 0.223 e. The van der Waals surface area contributed by atoms with Crippen molar-refractivity contribution in [1.82, 2.24) is 4.90 Å². The zero-order valence-corrected chi connectivity index (χ0v) is 11.0. The molecule has 3 rings (SSSR count).